The third-order valence-corrected chi connectivity index (χ3v) is 1.39. The van der Waals surface area contributed by atoms with Crippen LogP contribution in [0.1, 0.15) is 0 Å². The van der Waals surface area contributed by atoms with E-state index in [-0.39, 0.29) is 0 Å². The van der Waals surface area contributed by atoms with E-state index < -0.39 is 37.3 Å². The van der Waals surface area contributed by atoms with Crippen LogP contribution in [0.15, 0.2) is 0 Å². The van der Waals surface area contributed by atoms with Crippen LogP contribution in [-0.4, -0.2) is 62.8 Å². The third-order valence-electron chi connectivity index (χ3n) is 1.39. The van der Waals surface area contributed by atoms with Crippen molar-refractivity contribution >= 4 is 5.78 Å². The quantitative estimate of drug-likeness (QED) is 0.283. The maximum atomic E-state index is 10.5. The summed E-state index contributed by atoms with van der Waals surface area (Å²) in [5, 5.41) is 43.1. The van der Waals surface area contributed by atoms with Crippen molar-refractivity contribution in [3.8, 4) is 0 Å². The molecule has 6 nitrogen and oxygen atoms in total. The molecule has 0 radical (unpaired) electrons. The molecule has 0 rings (SSSR count). The predicted molar refractivity (Wildman–Crippen MR) is 37.2 cm³/mol. The van der Waals surface area contributed by atoms with Crippen LogP contribution in [-0.2, 0) is 4.79 Å². The number of carbonyl (C=O) groups excluding carboxylic acids is 1. The van der Waals surface area contributed by atoms with Gasteiger partial charge in [-0.1, -0.05) is 0 Å². The van der Waals surface area contributed by atoms with Crippen molar-refractivity contribution < 1.29 is 30.3 Å². The molecule has 0 unspecified atom stereocenters. The molecule has 3 atom stereocenters. The lowest BCUT2D eigenvalue weighted by molar-refractivity contribution is -0.142. The predicted octanol–water partition coefficient (Wildman–Crippen LogP) is -3.38. The molecule has 0 aliphatic heterocycles. The van der Waals surface area contributed by atoms with Crippen molar-refractivity contribution in [3.05, 3.63) is 0 Å². The minimum atomic E-state index is -1.86. The standard InChI is InChI=1S/C6H12O6/c7-1-3(9)5(11)6(12)4(10)2-8/h3,5-9,11-12H,1-2H2/t3-,5-,6-/m1/s1/i3+1,4+1. The van der Waals surface area contributed by atoms with Crippen molar-refractivity contribution in [2.75, 3.05) is 13.2 Å². The van der Waals surface area contributed by atoms with E-state index in [0.717, 1.165) is 0 Å². The number of carbonyl (C=O) groups is 1. The maximum Gasteiger partial charge on any atom is 0.189 e. The van der Waals surface area contributed by atoms with Gasteiger partial charge in [-0.05, 0) is 0 Å². The largest absolute Gasteiger partial charge is 0.394 e. The first-order valence-corrected chi connectivity index (χ1v) is 3.33. The molecular formula is C6H12O6. The number of hydrogen-bond donors (Lipinski definition) is 5. The zero-order chi connectivity index (χ0) is 9.72. The summed E-state index contributed by atoms with van der Waals surface area (Å²) in [6, 6.07) is 0. The summed E-state index contributed by atoms with van der Waals surface area (Å²) >= 11 is 0. The molecule has 0 amide bonds. The smallest absolute Gasteiger partial charge is 0.189 e. The van der Waals surface area contributed by atoms with Gasteiger partial charge in [0.15, 0.2) is 5.78 Å². The summed E-state index contributed by atoms with van der Waals surface area (Å²) in [7, 11) is 0. The molecule has 0 fully saturated rings. The van der Waals surface area contributed by atoms with Gasteiger partial charge in [0.05, 0.1) is 6.61 Å². The van der Waals surface area contributed by atoms with Gasteiger partial charge >= 0.3 is 0 Å². The van der Waals surface area contributed by atoms with Crippen LogP contribution in [0.25, 0.3) is 0 Å². The molecule has 6 heteroatoms. The van der Waals surface area contributed by atoms with E-state index in [1.165, 1.54) is 0 Å². The molecule has 0 aliphatic rings. The second kappa shape index (κ2) is 5.18. The molecule has 0 aromatic heterocycles. The van der Waals surface area contributed by atoms with Crippen molar-refractivity contribution in [2.45, 2.75) is 18.3 Å². The first-order valence-electron chi connectivity index (χ1n) is 3.33. The van der Waals surface area contributed by atoms with E-state index >= 15 is 0 Å². The second-order valence-electron chi connectivity index (χ2n) is 2.31. The van der Waals surface area contributed by atoms with Crippen LogP contribution in [0.5, 0.6) is 0 Å². The topological polar surface area (TPSA) is 118 Å². The Balaban J connectivity index is 4.08. The Hall–Kier alpha value is -0.530. The fraction of sp³-hybridized carbons (Fsp3) is 0.833. The van der Waals surface area contributed by atoms with E-state index in [1.807, 2.05) is 0 Å². The summed E-state index contributed by atoms with van der Waals surface area (Å²) in [5.74, 6) is -1.00. The second-order valence-corrected chi connectivity index (χ2v) is 2.31. The molecule has 0 saturated carbocycles. The first-order chi connectivity index (χ1) is 5.54. The Morgan fingerprint density at radius 3 is 2.00 bits per heavy atom. The van der Waals surface area contributed by atoms with Crippen LogP contribution in [0.3, 0.4) is 0 Å². The van der Waals surface area contributed by atoms with Gasteiger partial charge < -0.3 is 25.5 Å². The lowest BCUT2D eigenvalue weighted by Crippen LogP contribution is -2.44. The number of aliphatic hydroxyl groups excluding tert-OH is 5. The number of rotatable bonds is 5. The van der Waals surface area contributed by atoms with Crippen molar-refractivity contribution in [2.24, 2.45) is 0 Å². The highest BCUT2D eigenvalue weighted by Gasteiger charge is 2.28. The van der Waals surface area contributed by atoms with Gasteiger partial charge in [0.1, 0.15) is 24.9 Å². The summed E-state index contributed by atoms with van der Waals surface area (Å²) in [6.45, 7) is -1.69. The number of ketones is 1. The number of hydrogen-bond acceptors (Lipinski definition) is 6. The monoisotopic (exact) mass is 182 g/mol. The van der Waals surface area contributed by atoms with Gasteiger partial charge in [0.2, 0.25) is 0 Å². The Morgan fingerprint density at radius 2 is 1.67 bits per heavy atom. The fourth-order valence-corrected chi connectivity index (χ4v) is 0.602. The average Bonchev–Trinajstić information content (AvgIpc) is 2.12. The van der Waals surface area contributed by atoms with Crippen molar-refractivity contribution in [3.63, 3.8) is 0 Å². The van der Waals surface area contributed by atoms with Crippen LogP contribution in [0, 0.1) is 0 Å². The zero-order valence-electron chi connectivity index (χ0n) is 6.29. The normalized spacial score (nSPS) is 18.4. The van der Waals surface area contributed by atoms with E-state index in [4.69, 9.17) is 25.5 Å². The molecular weight excluding hydrogens is 170 g/mol. The Morgan fingerprint density at radius 1 is 1.17 bits per heavy atom. The molecule has 12 heavy (non-hydrogen) atoms. The van der Waals surface area contributed by atoms with E-state index in [0.29, 0.717) is 0 Å². The Kier molecular flexibility index (Phi) is 4.95. The van der Waals surface area contributed by atoms with E-state index in [9.17, 15) is 4.79 Å². The number of aliphatic hydroxyl groups is 5. The number of Topliss-reactive ketones (excluding diaryl/α,β-unsaturated/α-hetero) is 1. The van der Waals surface area contributed by atoms with Crippen LogP contribution >= 0.6 is 0 Å². The highest BCUT2D eigenvalue weighted by Crippen LogP contribution is 2.00. The molecule has 0 heterocycles. The Bertz CT molecular complexity index is 147. The average molecular weight is 182 g/mol. The van der Waals surface area contributed by atoms with Gasteiger partial charge in [-0.15, -0.1) is 0 Å². The van der Waals surface area contributed by atoms with Gasteiger partial charge in [-0.25, -0.2) is 0 Å². The van der Waals surface area contributed by atoms with Crippen molar-refractivity contribution in [1.29, 1.82) is 0 Å². The summed E-state index contributed by atoms with van der Waals surface area (Å²) in [4.78, 5) is 10.5. The molecule has 0 spiro atoms. The van der Waals surface area contributed by atoms with Crippen LogP contribution < -0.4 is 0 Å². The maximum absolute atomic E-state index is 10.5. The van der Waals surface area contributed by atoms with E-state index in [1.54, 1.807) is 0 Å². The molecule has 0 aromatic carbocycles. The van der Waals surface area contributed by atoms with E-state index in [2.05, 4.69) is 0 Å². The SMILES string of the molecule is O=[13C](CO)[C@@H](O)[C@H](O)[13C@H](O)CO. The molecule has 0 bridgehead atoms. The van der Waals surface area contributed by atoms with Gasteiger partial charge in [0, 0.05) is 0 Å². The van der Waals surface area contributed by atoms with Crippen LogP contribution in [0.4, 0.5) is 0 Å². The first kappa shape index (κ1) is 11.5. The third kappa shape index (κ3) is 2.84. The molecule has 0 saturated heterocycles. The van der Waals surface area contributed by atoms with Crippen molar-refractivity contribution in [1.82, 2.24) is 0 Å². The van der Waals surface area contributed by atoms with Gasteiger partial charge in [0.25, 0.3) is 0 Å². The lowest BCUT2D eigenvalue weighted by atomic mass is 10.3. The highest BCUT2D eigenvalue weighted by atomic mass is 16.4. The highest BCUT2D eigenvalue weighted by molar-refractivity contribution is 5.84. The minimum Gasteiger partial charge on any atom is -0.394 e. The fourth-order valence-electron chi connectivity index (χ4n) is 0.602. The van der Waals surface area contributed by atoms with Gasteiger partial charge in [-0.2, -0.15) is 0 Å². The summed E-state index contributed by atoms with van der Waals surface area (Å²) in [5.41, 5.74) is 0. The molecule has 0 aliphatic carbocycles. The zero-order valence-corrected chi connectivity index (χ0v) is 6.29. The molecule has 72 valence electrons. The Labute approximate surface area is 68.7 Å². The summed E-state index contributed by atoms with van der Waals surface area (Å²) in [6.07, 6.45) is -5.22. The lowest BCUT2D eigenvalue weighted by Gasteiger charge is -2.19. The minimum absolute atomic E-state index is 0.767. The molecule has 5 N–H and O–H groups in total. The summed E-state index contributed by atoms with van der Waals surface area (Å²) < 4.78 is 0. The van der Waals surface area contributed by atoms with Gasteiger partial charge in [-0.3, -0.25) is 4.79 Å². The molecule has 0 aromatic rings. The van der Waals surface area contributed by atoms with Crippen LogP contribution in [0.2, 0.25) is 0 Å².